The summed E-state index contributed by atoms with van der Waals surface area (Å²) in [6.45, 7) is 8.57. The molecular formula is C32H38ClN7O3. The van der Waals surface area contributed by atoms with Crippen molar-refractivity contribution in [2.75, 3.05) is 20.8 Å². The van der Waals surface area contributed by atoms with Crippen LogP contribution in [0.3, 0.4) is 0 Å². The molecule has 3 aromatic rings. The number of para-hydroxylation sites is 1. The molecule has 11 heteroatoms. The van der Waals surface area contributed by atoms with Crippen molar-refractivity contribution < 1.29 is 14.2 Å². The molecule has 10 nitrogen and oxygen atoms in total. The quantitative estimate of drug-likeness (QED) is 0.130. The maximum atomic E-state index is 8.48. The van der Waals surface area contributed by atoms with E-state index >= 15 is 0 Å². The molecule has 2 aromatic heterocycles. The van der Waals surface area contributed by atoms with Gasteiger partial charge < -0.3 is 18.8 Å². The van der Waals surface area contributed by atoms with E-state index in [1.807, 2.05) is 37.3 Å². The lowest BCUT2D eigenvalue weighted by Crippen LogP contribution is -2.32. The van der Waals surface area contributed by atoms with Crippen LogP contribution in [0.5, 0.6) is 5.75 Å². The van der Waals surface area contributed by atoms with Crippen LogP contribution in [0.1, 0.15) is 62.4 Å². The van der Waals surface area contributed by atoms with Crippen molar-refractivity contribution in [3.63, 3.8) is 0 Å². The summed E-state index contributed by atoms with van der Waals surface area (Å²) in [4.78, 5) is 19.1. The highest BCUT2D eigenvalue weighted by Gasteiger charge is 2.39. The van der Waals surface area contributed by atoms with E-state index in [0.717, 1.165) is 31.2 Å². The average Bonchev–Trinajstić information content (AvgIpc) is 3.38. The number of dihydropyridines is 1. The third kappa shape index (κ3) is 6.12. The molecule has 3 heterocycles. The molecule has 2 aliphatic rings. The molecule has 1 aromatic carbocycles. The number of ether oxygens (including phenoxy) is 3. The Morgan fingerprint density at radius 2 is 1.88 bits per heavy atom. The summed E-state index contributed by atoms with van der Waals surface area (Å²) in [5.74, 6) is 1.76. The highest BCUT2D eigenvalue weighted by atomic mass is 35.5. The number of aliphatic imine (C=N–C) groups is 1. The molecule has 0 saturated heterocycles. The first-order valence-electron chi connectivity index (χ1n) is 14.5. The van der Waals surface area contributed by atoms with Gasteiger partial charge in [0.1, 0.15) is 22.8 Å². The van der Waals surface area contributed by atoms with Crippen LogP contribution in [0.4, 0.5) is 0 Å². The number of halogens is 1. The van der Waals surface area contributed by atoms with E-state index in [1.54, 1.807) is 20.4 Å². The third-order valence-corrected chi connectivity index (χ3v) is 8.59. The van der Waals surface area contributed by atoms with Crippen molar-refractivity contribution >= 4 is 46.3 Å². The Morgan fingerprint density at radius 3 is 2.53 bits per heavy atom. The fourth-order valence-electron chi connectivity index (χ4n) is 5.99. The number of nitrogens with zero attached hydrogens (tertiary/aromatic N) is 5. The van der Waals surface area contributed by atoms with E-state index in [9.17, 15) is 0 Å². The zero-order valence-corrected chi connectivity index (χ0v) is 25.8. The average molecular weight is 604 g/mol. The normalized spacial score (nSPS) is 21.6. The van der Waals surface area contributed by atoms with Crippen molar-refractivity contribution in [3.8, 4) is 5.75 Å². The molecule has 2 N–H and O–H groups in total. The fourth-order valence-corrected chi connectivity index (χ4v) is 6.20. The van der Waals surface area contributed by atoms with Crippen LogP contribution in [0, 0.1) is 22.7 Å². The molecule has 2 unspecified atom stereocenters. The van der Waals surface area contributed by atoms with Gasteiger partial charge in [-0.15, -0.1) is 18.2 Å². The van der Waals surface area contributed by atoms with Crippen LogP contribution >= 0.6 is 11.6 Å². The van der Waals surface area contributed by atoms with Crippen molar-refractivity contribution in [1.29, 1.82) is 10.8 Å². The highest BCUT2D eigenvalue weighted by molar-refractivity contribution is 6.25. The monoisotopic (exact) mass is 603 g/mol. The van der Waals surface area contributed by atoms with Crippen LogP contribution in [0.2, 0.25) is 0 Å². The molecule has 0 spiro atoms. The van der Waals surface area contributed by atoms with E-state index in [-0.39, 0.29) is 23.0 Å². The SMILES string of the molecule is C=CC1CCC(Cn2c(C(C)(OC)c3ccccc3OC)nc3nc(C(=N)OC(C)=N)nc(C4=CC(Cl)CN=C4)c32)CC1. The minimum atomic E-state index is -1.03. The minimum Gasteiger partial charge on any atom is -0.496 e. The summed E-state index contributed by atoms with van der Waals surface area (Å²) in [6.07, 6.45) is 9.99. The topological polar surface area (TPSA) is 131 Å². The summed E-state index contributed by atoms with van der Waals surface area (Å²) >= 11 is 6.53. The van der Waals surface area contributed by atoms with Gasteiger partial charge in [-0.1, -0.05) is 30.4 Å². The highest BCUT2D eigenvalue weighted by Crippen LogP contribution is 2.41. The van der Waals surface area contributed by atoms with Gasteiger partial charge in [0.05, 0.1) is 19.0 Å². The van der Waals surface area contributed by atoms with Gasteiger partial charge in [0.2, 0.25) is 5.82 Å². The number of aromatic nitrogens is 4. The fraction of sp³-hybridized carbons (Fsp3) is 0.438. The Hall–Kier alpha value is -3.89. The predicted molar refractivity (Wildman–Crippen MR) is 170 cm³/mol. The van der Waals surface area contributed by atoms with Crippen LogP contribution in [-0.4, -0.2) is 63.7 Å². The van der Waals surface area contributed by atoms with Crippen LogP contribution in [-0.2, 0) is 21.6 Å². The lowest BCUT2D eigenvalue weighted by atomic mass is 9.82. The van der Waals surface area contributed by atoms with Crippen LogP contribution < -0.4 is 4.74 Å². The maximum absolute atomic E-state index is 8.48. The standard InChI is InChI=1S/C32H38ClN7O3/c1-6-20-11-13-21(14-12-20)18-40-27-26(22-15-23(33)17-36-16-22)37-30(28(35)43-19(2)34)38-29(27)39-31(40)32(3,42-5)24-9-7-8-10-25(24)41-4/h6-10,15-16,20-21,23,34-35H,1,11-14,17-18H2,2-5H3. The number of allylic oxidation sites excluding steroid dienone is 2. The molecule has 0 radical (unpaired) electrons. The van der Waals surface area contributed by atoms with E-state index in [0.29, 0.717) is 58.9 Å². The van der Waals surface area contributed by atoms with Crippen molar-refractivity contribution in [2.24, 2.45) is 16.8 Å². The van der Waals surface area contributed by atoms with Crippen molar-refractivity contribution in [2.45, 2.75) is 57.1 Å². The molecule has 2 atom stereocenters. The zero-order valence-electron chi connectivity index (χ0n) is 25.1. The van der Waals surface area contributed by atoms with E-state index in [2.05, 4.69) is 22.2 Å². The number of imidazole rings is 1. The molecular weight excluding hydrogens is 566 g/mol. The van der Waals surface area contributed by atoms with E-state index in [1.165, 1.54) is 6.92 Å². The predicted octanol–water partition coefficient (Wildman–Crippen LogP) is 6.15. The smallest absolute Gasteiger partial charge is 0.258 e. The number of hydrogen-bond donors (Lipinski definition) is 2. The van der Waals surface area contributed by atoms with Gasteiger partial charge in [0, 0.05) is 37.9 Å². The van der Waals surface area contributed by atoms with Gasteiger partial charge >= 0.3 is 0 Å². The van der Waals surface area contributed by atoms with E-state index in [4.69, 9.17) is 51.6 Å². The summed E-state index contributed by atoms with van der Waals surface area (Å²) < 4.78 is 19.5. The minimum absolute atomic E-state index is 0.0131. The zero-order chi connectivity index (χ0) is 30.7. The Morgan fingerprint density at radius 1 is 1.14 bits per heavy atom. The second kappa shape index (κ2) is 12.8. The maximum Gasteiger partial charge on any atom is 0.258 e. The summed E-state index contributed by atoms with van der Waals surface area (Å²) in [5.41, 5.74) is 2.13. The largest absolute Gasteiger partial charge is 0.496 e. The molecule has 1 saturated carbocycles. The molecule has 226 valence electrons. The molecule has 1 aliphatic heterocycles. The molecule has 0 amide bonds. The first-order chi connectivity index (χ1) is 20.7. The Labute approximate surface area is 256 Å². The summed E-state index contributed by atoms with van der Waals surface area (Å²) in [7, 11) is 3.30. The number of fused-ring (bicyclic) bond motifs is 1. The van der Waals surface area contributed by atoms with Gasteiger partial charge in [0.15, 0.2) is 17.1 Å². The number of hydrogen-bond acceptors (Lipinski definition) is 9. The number of alkyl halides is 1. The Bertz CT molecular complexity index is 1610. The van der Waals surface area contributed by atoms with Crippen LogP contribution in [0.15, 0.2) is 48.0 Å². The lowest BCUT2D eigenvalue weighted by Gasteiger charge is -2.32. The van der Waals surface area contributed by atoms with Crippen LogP contribution in [0.25, 0.3) is 16.7 Å². The van der Waals surface area contributed by atoms with Gasteiger partial charge in [-0.3, -0.25) is 15.8 Å². The second-order valence-electron chi connectivity index (χ2n) is 11.2. The van der Waals surface area contributed by atoms with E-state index < -0.39 is 5.60 Å². The van der Waals surface area contributed by atoms with Crippen molar-refractivity contribution in [1.82, 2.24) is 19.5 Å². The molecule has 1 aliphatic carbocycles. The number of nitrogens with one attached hydrogen (secondary N) is 2. The number of rotatable bonds is 9. The number of benzene rings is 1. The molecule has 43 heavy (non-hydrogen) atoms. The summed E-state index contributed by atoms with van der Waals surface area (Å²) in [6, 6.07) is 7.75. The first kappa shape index (κ1) is 30.6. The molecule has 1 fully saturated rings. The van der Waals surface area contributed by atoms with Gasteiger partial charge in [-0.2, -0.15) is 0 Å². The second-order valence-corrected chi connectivity index (χ2v) is 11.7. The lowest BCUT2D eigenvalue weighted by molar-refractivity contribution is 0.0258. The molecule has 5 rings (SSSR count). The summed E-state index contributed by atoms with van der Waals surface area (Å²) in [5, 5.41) is 15.9. The third-order valence-electron chi connectivity index (χ3n) is 8.33. The van der Waals surface area contributed by atoms with Gasteiger partial charge in [0.25, 0.3) is 5.90 Å². The molecule has 0 bridgehead atoms. The van der Waals surface area contributed by atoms with Crippen molar-refractivity contribution in [3.05, 3.63) is 65.9 Å². The Kier molecular flexibility index (Phi) is 9.08. The van der Waals surface area contributed by atoms with Gasteiger partial charge in [-0.05, 0) is 50.5 Å². The first-order valence-corrected chi connectivity index (χ1v) is 14.9. The Balaban J connectivity index is 1.78. The number of methoxy groups -OCH3 is 2. The van der Waals surface area contributed by atoms with Gasteiger partial charge in [-0.25, -0.2) is 15.0 Å².